The topological polar surface area (TPSA) is 67.8 Å². The molecule has 1 atom stereocenters. The highest BCUT2D eigenvalue weighted by atomic mass is 32.2. The predicted molar refractivity (Wildman–Crippen MR) is 99.9 cm³/mol. The number of hydrogen-bond acceptors (Lipinski definition) is 4. The lowest BCUT2D eigenvalue weighted by Gasteiger charge is -2.08. The second-order valence-electron chi connectivity index (χ2n) is 5.85. The van der Waals surface area contributed by atoms with Crippen molar-refractivity contribution in [3.05, 3.63) is 71.3 Å². The van der Waals surface area contributed by atoms with Gasteiger partial charge in [0.1, 0.15) is 16.5 Å². The van der Waals surface area contributed by atoms with Gasteiger partial charge in [0.15, 0.2) is 0 Å². The second-order valence-corrected chi connectivity index (χ2v) is 7.47. The molecule has 5 nitrogen and oxygen atoms in total. The highest BCUT2D eigenvalue weighted by molar-refractivity contribution is 8.00. The first-order valence-corrected chi connectivity index (χ1v) is 9.42. The summed E-state index contributed by atoms with van der Waals surface area (Å²) < 4.78 is 32.9. The van der Waals surface area contributed by atoms with Crippen LogP contribution in [0.2, 0.25) is 0 Å². The van der Waals surface area contributed by atoms with E-state index in [0.717, 1.165) is 5.56 Å². The second kappa shape index (κ2) is 6.72. The highest BCUT2D eigenvalue weighted by Gasteiger charge is 2.33. The first-order chi connectivity index (χ1) is 11.9. The third-order valence-electron chi connectivity index (χ3n) is 4.15. The van der Waals surface area contributed by atoms with Crippen LogP contribution < -0.4 is 9.46 Å². The van der Waals surface area contributed by atoms with Gasteiger partial charge in [-0.05, 0) is 49.2 Å². The van der Waals surface area contributed by atoms with Crippen molar-refractivity contribution in [2.24, 2.45) is 4.99 Å². The van der Waals surface area contributed by atoms with E-state index in [-0.39, 0.29) is 10.9 Å². The molecule has 2 aromatic rings. The summed E-state index contributed by atoms with van der Waals surface area (Å²) in [6.45, 7) is 3.71. The fraction of sp³-hybridized carbons (Fsp3) is 0.211. The Morgan fingerprint density at radius 2 is 1.68 bits per heavy atom. The van der Waals surface area contributed by atoms with Crippen molar-refractivity contribution in [2.45, 2.75) is 19.9 Å². The molecule has 1 heterocycles. The third kappa shape index (κ3) is 3.44. The molecule has 1 N–H and O–H groups in total. The molecular formula is C19H20N2O3S. The van der Waals surface area contributed by atoms with Crippen LogP contribution in [0.15, 0.2) is 65.2 Å². The lowest BCUT2D eigenvalue weighted by Crippen LogP contribution is -2.24. The quantitative estimate of drug-likeness (QED) is 0.911. The summed E-state index contributed by atoms with van der Waals surface area (Å²) in [6, 6.07) is 16.6. The van der Waals surface area contributed by atoms with Crippen molar-refractivity contribution in [2.75, 3.05) is 7.11 Å². The molecule has 0 amide bonds. The number of aliphatic imine (C=N–C) groups is 1. The summed E-state index contributed by atoms with van der Waals surface area (Å²) in [4.78, 5) is 4.83. The van der Waals surface area contributed by atoms with E-state index < -0.39 is 10.0 Å². The molecule has 2 aromatic carbocycles. The average Bonchev–Trinajstić information content (AvgIpc) is 2.84. The van der Waals surface area contributed by atoms with Crippen LogP contribution in [-0.4, -0.2) is 21.4 Å². The van der Waals surface area contributed by atoms with Gasteiger partial charge in [0.25, 0.3) is 10.0 Å². The van der Waals surface area contributed by atoms with Crippen molar-refractivity contribution in [3.63, 3.8) is 0 Å². The van der Waals surface area contributed by atoms with Gasteiger partial charge in [-0.15, -0.1) is 0 Å². The van der Waals surface area contributed by atoms with Crippen LogP contribution in [-0.2, 0) is 10.0 Å². The minimum Gasteiger partial charge on any atom is -0.497 e. The monoisotopic (exact) mass is 356 g/mol. The summed E-state index contributed by atoms with van der Waals surface area (Å²) in [5, 5.41) is 0. The van der Waals surface area contributed by atoms with Crippen LogP contribution in [0.4, 0.5) is 0 Å². The van der Waals surface area contributed by atoms with Gasteiger partial charge < -0.3 is 4.74 Å². The summed E-state index contributed by atoms with van der Waals surface area (Å²) >= 11 is 0. The molecule has 130 valence electrons. The van der Waals surface area contributed by atoms with E-state index in [2.05, 4.69) is 9.71 Å². The Morgan fingerprint density at radius 1 is 1.04 bits per heavy atom. The van der Waals surface area contributed by atoms with Crippen LogP contribution in [0.25, 0.3) is 4.91 Å². The molecule has 3 rings (SSSR count). The molecule has 0 fully saturated rings. The highest BCUT2D eigenvalue weighted by Crippen LogP contribution is 2.31. The van der Waals surface area contributed by atoms with Crippen LogP contribution in [0.3, 0.4) is 0 Å². The van der Waals surface area contributed by atoms with Crippen LogP contribution >= 0.6 is 0 Å². The third-order valence-corrected chi connectivity index (χ3v) is 5.69. The SMILES string of the molecule is COc1ccc(C2=C(C)C(=NC(C)c3ccccc3)NS2(=O)=O)cc1. The van der Waals surface area contributed by atoms with Gasteiger partial charge in [-0.1, -0.05) is 30.3 Å². The molecule has 0 saturated heterocycles. The van der Waals surface area contributed by atoms with Gasteiger partial charge >= 0.3 is 0 Å². The molecule has 1 aliphatic heterocycles. The maximum absolute atomic E-state index is 12.6. The molecule has 1 unspecified atom stereocenters. The van der Waals surface area contributed by atoms with Crippen LogP contribution in [0, 0.1) is 0 Å². The standard InChI is InChI=1S/C19H20N2O3S/c1-13-18(16-9-11-17(24-3)12-10-16)25(22,23)21-19(13)20-14(2)15-7-5-4-6-8-15/h4-12,14H,1-3H3,(H,20,21). The molecule has 0 aliphatic carbocycles. The van der Waals surface area contributed by atoms with Gasteiger partial charge in [-0.3, -0.25) is 9.71 Å². The number of methoxy groups -OCH3 is 1. The number of amidine groups is 1. The van der Waals surface area contributed by atoms with Gasteiger partial charge in [-0.2, -0.15) is 0 Å². The minimum absolute atomic E-state index is 0.149. The summed E-state index contributed by atoms with van der Waals surface area (Å²) in [7, 11) is -2.06. The first kappa shape index (κ1) is 17.2. The van der Waals surface area contributed by atoms with Crippen molar-refractivity contribution in [3.8, 4) is 5.75 Å². The molecular weight excluding hydrogens is 336 g/mol. The molecule has 1 aliphatic rings. The van der Waals surface area contributed by atoms with E-state index in [9.17, 15) is 8.42 Å². The molecule has 0 aromatic heterocycles. The maximum Gasteiger partial charge on any atom is 0.264 e. The lowest BCUT2D eigenvalue weighted by molar-refractivity contribution is 0.415. The number of nitrogens with one attached hydrogen (secondary N) is 1. The molecule has 0 bridgehead atoms. The molecule has 0 spiro atoms. The van der Waals surface area contributed by atoms with Crippen molar-refractivity contribution in [1.82, 2.24) is 4.72 Å². The Hall–Kier alpha value is -2.60. The number of hydrogen-bond donors (Lipinski definition) is 1. The van der Waals surface area contributed by atoms with Crippen molar-refractivity contribution >= 4 is 20.8 Å². The lowest BCUT2D eigenvalue weighted by atomic mass is 10.1. The predicted octanol–water partition coefficient (Wildman–Crippen LogP) is 3.52. The Labute approximate surface area is 148 Å². The van der Waals surface area contributed by atoms with E-state index in [1.807, 2.05) is 37.3 Å². The zero-order valence-electron chi connectivity index (χ0n) is 14.4. The van der Waals surface area contributed by atoms with Gasteiger partial charge in [0.2, 0.25) is 0 Å². The molecule has 6 heteroatoms. The van der Waals surface area contributed by atoms with Crippen LogP contribution in [0.5, 0.6) is 5.75 Å². The molecule has 0 saturated carbocycles. The zero-order chi connectivity index (χ0) is 18.0. The number of nitrogens with zero attached hydrogens (tertiary/aromatic N) is 1. The summed E-state index contributed by atoms with van der Waals surface area (Å²) in [5.74, 6) is 1.07. The van der Waals surface area contributed by atoms with E-state index >= 15 is 0 Å². The molecule has 25 heavy (non-hydrogen) atoms. The summed E-state index contributed by atoms with van der Waals surface area (Å²) in [6.07, 6.45) is 0. The number of benzene rings is 2. The van der Waals surface area contributed by atoms with Crippen LogP contribution in [0.1, 0.15) is 31.0 Å². The smallest absolute Gasteiger partial charge is 0.264 e. The Kier molecular flexibility index (Phi) is 4.63. The van der Waals surface area contributed by atoms with Gasteiger partial charge in [-0.25, -0.2) is 8.42 Å². The molecule has 0 radical (unpaired) electrons. The van der Waals surface area contributed by atoms with E-state index in [4.69, 9.17) is 4.74 Å². The minimum atomic E-state index is -3.63. The van der Waals surface area contributed by atoms with E-state index in [1.54, 1.807) is 38.3 Å². The van der Waals surface area contributed by atoms with Crippen molar-refractivity contribution < 1.29 is 13.2 Å². The van der Waals surface area contributed by atoms with Gasteiger partial charge in [0, 0.05) is 5.57 Å². The Balaban J connectivity index is 2.00. The van der Waals surface area contributed by atoms with Gasteiger partial charge in [0.05, 0.1) is 13.2 Å². The summed E-state index contributed by atoms with van der Waals surface area (Å²) in [5.41, 5.74) is 2.26. The zero-order valence-corrected chi connectivity index (χ0v) is 15.2. The maximum atomic E-state index is 12.6. The van der Waals surface area contributed by atoms with E-state index in [0.29, 0.717) is 22.7 Å². The number of rotatable bonds is 4. The number of sulfonamides is 1. The fourth-order valence-electron chi connectivity index (χ4n) is 2.80. The van der Waals surface area contributed by atoms with Crippen molar-refractivity contribution in [1.29, 1.82) is 0 Å². The van der Waals surface area contributed by atoms with E-state index in [1.165, 1.54) is 0 Å². The fourth-order valence-corrected chi connectivity index (χ4v) is 4.31. The Bertz CT molecular complexity index is 930. The average molecular weight is 356 g/mol. The first-order valence-electron chi connectivity index (χ1n) is 7.93. The Morgan fingerprint density at radius 3 is 2.28 bits per heavy atom. The largest absolute Gasteiger partial charge is 0.497 e. The normalized spacial score (nSPS) is 18.9. The number of ether oxygens (including phenoxy) is 1.